The molecule has 0 saturated carbocycles. The fraction of sp³-hybridized carbons (Fsp3) is 1.00. The van der Waals surface area contributed by atoms with Crippen LogP contribution in [0.4, 0.5) is 0 Å². The summed E-state index contributed by atoms with van der Waals surface area (Å²) < 4.78 is 0. The molecule has 0 aromatic rings. The molecule has 0 saturated heterocycles. The molecular formula is C6H14OS. The third-order valence-electron chi connectivity index (χ3n) is 1.17. The summed E-state index contributed by atoms with van der Waals surface area (Å²) in [6.07, 6.45) is -0.286. The van der Waals surface area contributed by atoms with E-state index in [0.717, 1.165) is 0 Å². The van der Waals surface area contributed by atoms with Gasteiger partial charge in [-0.3, -0.25) is 0 Å². The van der Waals surface area contributed by atoms with Crippen LogP contribution in [-0.4, -0.2) is 17.0 Å². The second-order valence-electron chi connectivity index (χ2n) is 3.06. The van der Waals surface area contributed by atoms with Crippen molar-refractivity contribution in [3.63, 3.8) is 0 Å². The third kappa shape index (κ3) is 2.58. The summed E-state index contributed by atoms with van der Waals surface area (Å²) in [5.74, 6) is 0.545. The van der Waals surface area contributed by atoms with Gasteiger partial charge in [-0.15, -0.1) is 0 Å². The van der Waals surface area contributed by atoms with E-state index >= 15 is 0 Å². The largest absolute Gasteiger partial charge is 0.392 e. The molecule has 1 atom stereocenters. The van der Waals surface area contributed by atoms with E-state index in [1.807, 2.05) is 20.8 Å². The summed E-state index contributed by atoms with van der Waals surface area (Å²) in [5, 5.41) is 9.12. The van der Waals surface area contributed by atoms with Gasteiger partial charge in [0.25, 0.3) is 0 Å². The van der Waals surface area contributed by atoms with Gasteiger partial charge in [0.15, 0.2) is 0 Å². The van der Waals surface area contributed by atoms with Crippen LogP contribution >= 0.6 is 12.6 Å². The van der Waals surface area contributed by atoms with Gasteiger partial charge in [-0.2, -0.15) is 12.6 Å². The Morgan fingerprint density at radius 3 is 1.88 bits per heavy atom. The summed E-state index contributed by atoms with van der Waals surface area (Å²) in [6.45, 7) is 5.98. The summed E-state index contributed by atoms with van der Waals surface area (Å²) in [7, 11) is 0. The minimum absolute atomic E-state index is 0.0122. The highest BCUT2D eigenvalue weighted by Crippen LogP contribution is 2.19. The average molecular weight is 134 g/mol. The van der Waals surface area contributed by atoms with Gasteiger partial charge >= 0.3 is 0 Å². The maximum Gasteiger partial charge on any atom is 0.0676 e. The number of aliphatic hydroxyl groups excluding tert-OH is 1. The molecule has 0 heterocycles. The number of hydrogen-bond acceptors (Lipinski definition) is 2. The molecule has 0 aromatic carbocycles. The van der Waals surface area contributed by atoms with E-state index in [1.54, 1.807) is 0 Å². The van der Waals surface area contributed by atoms with Crippen molar-refractivity contribution in [3.8, 4) is 0 Å². The zero-order chi connectivity index (χ0) is 6.78. The van der Waals surface area contributed by atoms with Crippen molar-refractivity contribution >= 4 is 12.6 Å². The third-order valence-corrected chi connectivity index (χ3v) is 1.52. The number of hydrogen-bond donors (Lipinski definition) is 2. The molecule has 0 aliphatic heterocycles. The Hall–Kier alpha value is 0.310. The van der Waals surface area contributed by atoms with Crippen molar-refractivity contribution in [1.82, 2.24) is 0 Å². The molecule has 0 rings (SSSR count). The van der Waals surface area contributed by atoms with Gasteiger partial charge in [0.2, 0.25) is 0 Å². The molecule has 0 aliphatic carbocycles. The molecule has 0 fully saturated rings. The predicted octanol–water partition coefficient (Wildman–Crippen LogP) is 1.32. The molecule has 0 aromatic heterocycles. The van der Waals surface area contributed by atoms with Crippen LogP contribution in [0.25, 0.3) is 0 Å². The second-order valence-corrected chi connectivity index (χ2v) is 3.43. The maximum absolute atomic E-state index is 9.12. The topological polar surface area (TPSA) is 20.2 Å². The Morgan fingerprint density at radius 2 is 1.88 bits per heavy atom. The van der Waals surface area contributed by atoms with Gasteiger partial charge in [-0.1, -0.05) is 20.8 Å². The summed E-state index contributed by atoms with van der Waals surface area (Å²) >= 11 is 3.96. The Labute approximate surface area is 56.5 Å². The predicted molar refractivity (Wildman–Crippen MR) is 39.3 cm³/mol. The average Bonchev–Trinajstić information content (AvgIpc) is 1.62. The molecule has 0 bridgehead atoms. The zero-order valence-corrected chi connectivity index (χ0v) is 6.57. The molecule has 1 N–H and O–H groups in total. The smallest absolute Gasteiger partial charge is 0.0676 e. The first-order chi connectivity index (χ1) is 3.48. The van der Waals surface area contributed by atoms with E-state index in [0.29, 0.717) is 5.75 Å². The first-order valence-electron chi connectivity index (χ1n) is 2.77. The van der Waals surface area contributed by atoms with Gasteiger partial charge in [0, 0.05) is 5.75 Å². The molecule has 1 unspecified atom stereocenters. The van der Waals surface area contributed by atoms with E-state index in [4.69, 9.17) is 5.11 Å². The Morgan fingerprint density at radius 1 is 1.50 bits per heavy atom. The highest BCUT2D eigenvalue weighted by atomic mass is 32.1. The number of aliphatic hydroxyl groups is 1. The molecule has 0 amide bonds. The van der Waals surface area contributed by atoms with Crippen LogP contribution in [0.2, 0.25) is 0 Å². The Bertz CT molecular complexity index is 65.4. The summed E-state index contributed by atoms with van der Waals surface area (Å²) in [4.78, 5) is 0. The van der Waals surface area contributed by atoms with Crippen LogP contribution in [0.15, 0.2) is 0 Å². The fourth-order valence-corrected chi connectivity index (χ4v) is 0.822. The van der Waals surface area contributed by atoms with E-state index in [1.165, 1.54) is 0 Å². The molecule has 2 heteroatoms. The van der Waals surface area contributed by atoms with Gasteiger partial charge < -0.3 is 5.11 Å². The van der Waals surface area contributed by atoms with Gasteiger partial charge in [-0.05, 0) is 5.41 Å². The van der Waals surface area contributed by atoms with Crippen LogP contribution in [0, 0.1) is 5.41 Å². The summed E-state index contributed by atoms with van der Waals surface area (Å²) in [6, 6.07) is 0. The number of rotatable bonds is 1. The van der Waals surface area contributed by atoms with Crippen LogP contribution in [-0.2, 0) is 0 Å². The first kappa shape index (κ1) is 8.31. The Kier molecular flexibility index (Phi) is 2.84. The highest BCUT2D eigenvalue weighted by molar-refractivity contribution is 7.80. The van der Waals surface area contributed by atoms with Gasteiger partial charge in [0.05, 0.1) is 6.10 Å². The van der Waals surface area contributed by atoms with Gasteiger partial charge in [0.1, 0.15) is 0 Å². The van der Waals surface area contributed by atoms with E-state index in [2.05, 4.69) is 12.6 Å². The maximum atomic E-state index is 9.12. The fourth-order valence-electron chi connectivity index (χ4n) is 0.274. The minimum atomic E-state index is -0.286. The minimum Gasteiger partial charge on any atom is -0.392 e. The quantitative estimate of drug-likeness (QED) is 0.518. The molecular weight excluding hydrogens is 120 g/mol. The molecule has 0 aliphatic rings. The highest BCUT2D eigenvalue weighted by Gasteiger charge is 2.19. The van der Waals surface area contributed by atoms with Crippen LogP contribution in [0.3, 0.4) is 0 Å². The van der Waals surface area contributed by atoms with E-state index < -0.39 is 0 Å². The SMILES string of the molecule is CC(C)(C)C(O)CS. The molecule has 0 radical (unpaired) electrons. The zero-order valence-electron chi connectivity index (χ0n) is 5.68. The molecule has 50 valence electrons. The normalized spacial score (nSPS) is 16.1. The van der Waals surface area contributed by atoms with Crippen molar-refractivity contribution in [1.29, 1.82) is 0 Å². The van der Waals surface area contributed by atoms with Crippen molar-refractivity contribution in [3.05, 3.63) is 0 Å². The van der Waals surface area contributed by atoms with Crippen molar-refractivity contribution in [2.75, 3.05) is 5.75 Å². The Balaban J connectivity index is 3.62. The van der Waals surface area contributed by atoms with Crippen molar-refractivity contribution in [2.45, 2.75) is 26.9 Å². The first-order valence-corrected chi connectivity index (χ1v) is 3.40. The van der Waals surface area contributed by atoms with E-state index in [-0.39, 0.29) is 11.5 Å². The lowest BCUT2D eigenvalue weighted by molar-refractivity contribution is 0.0846. The standard InChI is InChI=1S/C6H14OS/c1-6(2,3)5(7)4-8/h5,7-8H,4H2,1-3H3. The molecule has 1 nitrogen and oxygen atoms in total. The lowest BCUT2D eigenvalue weighted by atomic mass is 9.90. The monoisotopic (exact) mass is 134 g/mol. The van der Waals surface area contributed by atoms with Crippen LogP contribution < -0.4 is 0 Å². The van der Waals surface area contributed by atoms with E-state index in [9.17, 15) is 0 Å². The second kappa shape index (κ2) is 2.74. The number of thiol groups is 1. The lowest BCUT2D eigenvalue weighted by Gasteiger charge is -2.23. The van der Waals surface area contributed by atoms with Crippen molar-refractivity contribution < 1.29 is 5.11 Å². The molecule has 0 spiro atoms. The summed E-state index contributed by atoms with van der Waals surface area (Å²) in [5.41, 5.74) is -0.0122. The lowest BCUT2D eigenvalue weighted by Crippen LogP contribution is -2.27. The van der Waals surface area contributed by atoms with Crippen molar-refractivity contribution in [2.24, 2.45) is 5.41 Å². The van der Waals surface area contributed by atoms with Crippen LogP contribution in [0.5, 0.6) is 0 Å². The van der Waals surface area contributed by atoms with Gasteiger partial charge in [-0.25, -0.2) is 0 Å². The molecule has 8 heavy (non-hydrogen) atoms. The van der Waals surface area contributed by atoms with Crippen LogP contribution in [0.1, 0.15) is 20.8 Å².